The molecule has 0 aliphatic carbocycles. The monoisotopic (exact) mass is 161 g/mol. The molecule has 0 spiro atoms. The minimum atomic E-state index is -0.339. The molecule has 1 rings (SSSR count). The summed E-state index contributed by atoms with van der Waals surface area (Å²) >= 11 is 0. The van der Waals surface area contributed by atoms with Crippen molar-refractivity contribution in [3.8, 4) is 0 Å². The van der Waals surface area contributed by atoms with E-state index in [-0.39, 0.29) is 5.97 Å². The van der Waals surface area contributed by atoms with Crippen LogP contribution in [0, 0.1) is 0 Å². The number of rotatable bonds is 3. The van der Waals surface area contributed by atoms with Crippen molar-refractivity contribution < 1.29 is 19.3 Å². The fourth-order valence-corrected chi connectivity index (χ4v) is 0.646. The van der Waals surface area contributed by atoms with Crippen molar-refractivity contribution in [2.24, 2.45) is 0 Å². The summed E-state index contributed by atoms with van der Waals surface area (Å²) in [7, 11) is 0. The summed E-state index contributed by atoms with van der Waals surface area (Å²) in [6.45, 7) is 2.76. The first-order valence-electron chi connectivity index (χ1n) is 3.59. The molecule has 0 radical (unpaired) electrons. The molecule has 0 amide bonds. The number of nitrogens with zero attached hydrogens (tertiary/aromatic N) is 1. The third kappa shape index (κ3) is 2.83. The van der Waals surface area contributed by atoms with Crippen molar-refractivity contribution in [1.29, 1.82) is 0 Å². The van der Waals surface area contributed by atoms with Gasteiger partial charge in [-0.05, 0) is 6.42 Å². The largest absolute Gasteiger partial charge is 0.330 e. The Morgan fingerprint density at radius 2 is 2.18 bits per heavy atom. The van der Waals surface area contributed by atoms with E-state index in [1.165, 1.54) is 0 Å². The van der Waals surface area contributed by atoms with Crippen LogP contribution >= 0.6 is 0 Å². The second kappa shape index (κ2) is 4.27. The Kier molecular flexibility index (Phi) is 3.28. The topological polar surface area (TPSA) is 48.0 Å². The van der Waals surface area contributed by atoms with E-state index in [4.69, 9.17) is 9.68 Å². The third-order valence-electron chi connectivity index (χ3n) is 1.11. The molecule has 11 heavy (non-hydrogen) atoms. The Hall–Kier alpha value is -0.650. The molecule has 0 saturated carbocycles. The maximum absolute atomic E-state index is 10.8. The van der Waals surface area contributed by atoms with E-state index in [0.29, 0.717) is 19.6 Å². The predicted octanol–water partition coefficient (Wildman–Crippen LogP) is 0.423. The summed E-state index contributed by atoms with van der Waals surface area (Å²) in [6.07, 6.45) is 1.13. The molecule has 0 aromatic heterocycles. The highest BCUT2D eigenvalue weighted by Gasteiger charge is 2.17. The fraction of sp³-hybridized carbons (Fsp3) is 0.833. The second-order valence-electron chi connectivity index (χ2n) is 2.10. The average molecular weight is 161 g/mol. The molecule has 5 nitrogen and oxygen atoms in total. The highest BCUT2D eigenvalue weighted by molar-refractivity contribution is 5.68. The Morgan fingerprint density at radius 3 is 2.73 bits per heavy atom. The number of carbonyl (C=O) groups excluding carboxylic acids is 1. The van der Waals surface area contributed by atoms with Crippen LogP contribution in [0.4, 0.5) is 0 Å². The number of hydrogen-bond acceptors (Lipinski definition) is 5. The lowest BCUT2D eigenvalue weighted by Gasteiger charge is -2.09. The van der Waals surface area contributed by atoms with Gasteiger partial charge in [0, 0.05) is 6.42 Å². The summed E-state index contributed by atoms with van der Waals surface area (Å²) in [5.74, 6) is -0.339. The first-order valence-corrected chi connectivity index (χ1v) is 3.59. The molecule has 0 aromatic carbocycles. The van der Waals surface area contributed by atoms with Gasteiger partial charge in [-0.2, -0.15) is 0 Å². The number of hydrogen-bond donors (Lipinski definition) is 0. The molecule has 5 heteroatoms. The van der Waals surface area contributed by atoms with Crippen LogP contribution in [0.15, 0.2) is 0 Å². The lowest BCUT2D eigenvalue weighted by atomic mass is 10.3. The Bertz CT molecular complexity index is 133. The Labute approximate surface area is 64.7 Å². The van der Waals surface area contributed by atoms with E-state index in [9.17, 15) is 4.79 Å². The van der Waals surface area contributed by atoms with E-state index in [1.54, 1.807) is 0 Å². The van der Waals surface area contributed by atoms with Gasteiger partial charge < -0.3 is 4.84 Å². The molecule has 1 saturated heterocycles. The zero-order chi connectivity index (χ0) is 8.10. The van der Waals surface area contributed by atoms with E-state index in [2.05, 4.69) is 4.84 Å². The quantitative estimate of drug-likeness (QED) is 0.600. The molecule has 0 atom stereocenters. The minimum Gasteiger partial charge on any atom is -0.318 e. The van der Waals surface area contributed by atoms with Crippen molar-refractivity contribution in [3.63, 3.8) is 0 Å². The SMILES string of the molecule is CCCC(=O)ON1OCCO1. The van der Waals surface area contributed by atoms with E-state index < -0.39 is 0 Å². The Morgan fingerprint density at radius 1 is 1.55 bits per heavy atom. The van der Waals surface area contributed by atoms with Gasteiger partial charge in [0.05, 0.1) is 0 Å². The van der Waals surface area contributed by atoms with Crippen LogP contribution in [0.5, 0.6) is 0 Å². The van der Waals surface area contributed by atoms with E-state index in [0.717, 1.165) is 11.8 Å². The molecular formula is C6H11NO4. The average Bonchev–Trinajstić information content (AvgIpc) is 2.40. The highest BCUT2D eigenvalue weighted by atomic mass is 17.2. The van der Waals surface area contributed by atoms with Gasteiger partial charge in [-0.15, -0.1) is 0 Å². The van der Waals surface area contributed by atoms with Crippen LogP contribution in [0.1, 0.15) is 19.8 Å². The van der Waals surface area contributed by atoms with Crippen molar-refractivity contribution in [2.75, 3.05) is 13.2 Å². The van der Waals surface area contributed by atoms with Crippen molar-refractivity contribution >= 4 is 5.97 Å². The van der Waals surface area contributed by atoms with Crippen molar-refractivity contribution in [2.45, 2.75) is 19.8 Å². The van der Waals surface area contributed by atoms with Crippen LogP contribution in [0.2, 0.25) is 0 Å². The lowest BCUT2D eigenvalue weighted by molar-refractivity contribution is -0.460. The standard InChI is InChI=1S/C6H11NO4/c1-2-3-6(8)11-7-9-4-5-10-7/h2-5H2,1H3. The molecular weight excluding hydrogens is 150 g/mol. The zero-order valence-corrected chi connectivity index (χ0v) is 6.41. The molecule has 1 fully saturated rings. The van der Waals surface area contributed by atoms with Gasteiger partial charge in [0.2, 0.25) is 0 Å². The Balaban J connectivity index is 2.13. The van der Waals surface area contributed by atoms with Crippen LogP contribution in [0.25, 0.3) is 0 Å². The van der Waals surface area contributed by atoms with Gasteiger partial charge in [0.25, 0.3) is 0 Å². The van der Waals surface area contributed by atoms with Crippen LogP contribution in [-0.2, 0) is 19.3 Å². The van der Waals surface area contributed by atoms with Crippen LogP contribution < -0.4 is 0 Å². The summed E-state index contributed by atoms with van der Waals surface area (Å²) in [5.41, 5.74) is 0. The molecule has 64 valence electrons. The summed E-state index contributed by atoms with van der Waals surface area (Å²) in [5, 5.41) is 0.762. The minimum absolute atomic E-state index is 0.339. The summed E-state index contributed by atoms with van der Waals surface area (Å²) in [4.78, 5) is 24.9. The summed E-state index contributed by atoms with van der Waals surface area (Å²) in [6, 6.07) is 0. The van der Waals surface area contributed by atoms with Crippen LogP contribution in [-0.4, -0.2) is 24.6 Å². The molecule has 0 N–H and O–H groups in total. The normalized spacial score (nSPS) is 18.6. The van der Waals surface area contributed by atoms with Crippen molar-refractivity contribution in [3.05, 3.63) is 0 Å². The van der Waals surface area contributed by atoms with E-state index >= 15 is 0 Å². The first kappa shape index (κ1) is 8.45. The molecule has 0 bridgehead atoms. The predicted molar refractivity (Wildman–Crippen MR) is 34.7 cm³/mol. The lowest BCUT2D eigenvalue weighted by Crippen LogP contribution is -2.21. The van der Waals surface area contributed by atoms with Gasteiger partial charge in [0.15, 0.2) is 0 Å². The third-order valence-corrected chi connectivity index (χ3v) is 1.11. The van der Waals surface area contributed by atoms with Gasteiger partial charge >= 0.3 is 5.97 Å². The van der Waals surface area contributed by atoms with Crippen molar-refractivity contribution in [1.82, 2.24) is 5.39 Å². The molecule has 0 aromatic rings. The smallest absolute Gasteiger partial charge is 0.318 e. The van der Waals surface area contributed by atoms with Crippen LogP contribution in [0.3, 0.4) is 0 Å². The van der Waals surface area contributed by atoms with Gasteiger partial charge in [0.1, 0.15) is 18.6 Å². The molecule has 1 heterocycles. The van der Waals surface area contributed by atoms with Gasteiger partial charge in [-0.25, -0.2) is 9.68 Å². The maximum Gasteiger partial charge on any atom is 0.330 e. The van der Waals surface area contributed by atoms with Gasteiger partial charge in [-0.1, -0.05) is 6.92 Å². The fourth-order valence-electron chi connectivity index (χ4n) is 0.646. The highest BCUT2D eigenvalue weighted by Crippen LogP contribution is 2.03. The molecule has 1 aliphatic heterocycles. The number of carbonyl (C=O) groups is 1. The van der Waals surface area contributed by atoms with Gasteiger partial charge in [-0.3, -0.25) is 4.79 Å². The second-order valence-corrected chi connectivity index (χ2v) is 2.10. The first-order chi connectivity index (χ1) is 5.33. The van der Waals surface area contributed by atoms with E-state index in [1.807, 2.05) is 6.92 Å². The molecule has 1 aliphatic rings. The maximum atomic E-state index is 10.8. The summed E-state index contributed by atoms with van der Waals surface area (Å²) < 4.78 is 0. The zero-order valence-electron chi connectivity index (χ0n) is 6.41. The molecule has 0 unspecified atom stereocenters.